The third-order valence-electron chi connectivity index (χ3n) is 5.39. The molecule has 4 rings (SSSR count). The number of ether oxygens (including phenoxy) is 1. The van der Waals surface area contributed by atoms with Gasteiger partial charge in [-0.1, -0.05) is 11.6 Å². The highest BCUT2D eigenvalue weighted by Gasteiger charge is 2.45. The van der Waals surface area contributed by atoms with Crippen molar-refractivity contribution in [3.05, 3.63) is 45.6 Å². The SMILES string of the molecule is CCOC(=O)Cn1c2cc(NC3CC(F)(F)C3)ccc2c(=O)c2ccc(Cl)c(SC)c21. The van der Waals surface area contributed by atoms with E-state index in [0.717, 1.165) is 0 Å². The maximum atomic E-state index is 13.2. The molecule has 0 amide bonds. The second-order valence-electron chi connectivity index (χ2n) is 7.53. The molecule has 31 heavy (non-hydrogen) atoms. The van der Waals surface area contributed by atoms with Crippen molar-refractivity contribution >= 4 is 56.8 Å². The number of benzene rings is 2. The lowest BCUT2D eigenvalue weighted by atomic mass is 9.88. The number of pyridine rings is 1. The molecular formula is C22H21ClF2N2O3S. The van der Waals surface area contributed by atoms with Gasteiger partial charge < -0.3 is 14.6 Å². The van der Waals surface area contributed by atoms with Gasteiger partial charge in [-0.2, -0.15) is 0 Å². The average molecular weight is 467 g/mol. The first kappa shape index (κ1) is 21.9. The van der Waals surface area contributed by atoms with E-state index >= 15 is 0 Å². The molecule has 0 radical (unpaired) electrons. The van der Waals surface area contributed by atoms with Gasteiger partial charge in [0.05, 0.1) is 27.6 Å². The van der Waals surface area contributed by atoms with E-state index < -0.39 is 11.9 Å². The first-order chi connectivity index (χ1) is 14.7. The number of hydrogen-bond acceptors (Lipinski definition) is 5. The van der Waals surface area contributed by atoms with Crippen LogP contribution in [0, 0.1) is 0 Å². The second kappa shape index (κ2) is 8.31. The van der Waals surface area contributed by atoms with E-state index in [1.807, 2.05) is 6.26 Å². The first-order valence-electron chi connectivity index (χ1n) is 9.87. The zero-order chi connectivity index (χ0) is 22.3. The van der Waals surface area contributed by atoms with Crippen molar-refractivity contribution in [1.29, 1.82) is 0 Å². The number of nitrogens with one attached hydrogen (secondary N) is 1. The van der Waals surface area contributed by atoms with Crippen LogP contribution in [-0.4, -0.2) is 35.4 Å². The van der Waals surface area contributed by atoms with Crippen molar-refractivity contribution in [3.8, 4) is 0 Å². The summed E-state index contributed by atoms with van der Waals surface area (Å²) in [6.45, 7) is 1.84. The van der Waals surface area contributed by atoms with Crippen LogP contribution in [0.1, 0.15) is 19.8 Å². The molecular weight excluding hydrogens is 446 g/mol. The topological polar surface area (TPSA) is 60.3 Å². The average Bonchev–Trinajstić information content (AvgIpc) is 2.69. The van der Waals surface area contributed by atoms with Gasteiger partial charge in [-0.3, -0.25) is 9.59 Å². The molecule has 0 bridgehead atoms. The van der Waals surface area contributed by atoms with Crippen LogP contribution in [0.2, 0.25) is 5.02 Å². The number of nitrogens with zero attached hydrogens (tertiary/aromatic N) is 1. The highest BCUT2D eigenvalue weighted by atomic mass is 35.5. The number of esters is 1. The van der Waals surface area contributed by atoms with Crippen LogP contribution in [0.15, 0.2) is 40.0 Å². The Morgan fingerprint density at radius 2 is 2.00 bits per heavy atom. The molecule has 1 N–H and O–H groups in total. The lowest BCUT2D eigenvalue weighted by molar-refractivity contribution is -0.143. The molecule has 1 aliphatic carbocycles. The third-order valence-corrected chi connectivity index (χ3v) is 6.64. The van der Waals surface area contributed by atoms with Gasteiger partial charge in [-0.05, 0) is 43.5 Å². The third kappa shape index (κ3) is 4.11. The maximum absolute atomic E-state index is 13.2. The number of hydrogen-bond donors (Lipinski definition) is 1. The van der Waals surface area contributed by atoms with E-state index in [4.69, 9.17) is 16.3 Å². The molecule has 1 aliphatic rings. The van der Waals surface area contributed by atoms with Crippen molar-refractivity contribution in [2.75, 3.05) is 18.2 Å². The second-order valence-corrected chi connectivity index (χ2v) is 8.76. The summed E-state index contributed by atoms with van der Waals surface area (Å²) in [7, 11) is 0. The number of aromatic nitrogens is 1. The van der Waals surface area contributed by atoms with Crippen LogP contribution in [0.25, 0.3) is 21.8 Å². The summed E-state index contributed by atoms with van der Waals surface area (Å²) in [6.07, 6.45) is 1.38. The van der Waals surface area contributed by atoms with E-state index in [1.165, 1.54) is 11.8 Å². The molecule has 9 heteroatoms. The lowest BCUT2D eigenvalue weighted by Crippen LogP contribution is -2.44. The van der Waals surface area contributed by atoms with Crippen molar-refractivity contribution < 1.29 is 18.3 Å². The number of halogens is 3. The smallest absolute Gasteiger partial charge is 0.325 e. The van der Waals surface area contributed by atoms with E-state index in [2.05, 4.69) is 5.32 Å². The molecule has 5 nitrogen and oxygen atoms in total. The van der Waals surface area contributed by atoms with Crippen LogP contribution in [-0.2, 0) is 16.1 Å². The number of thioether (sulfide) groups is 1. The van der Waals surface area contributed by atoms with Gasteiger partial charge in [-0.25, -0.2) is 8.78 Å². The number of alkyl halides is 2. The predicted molar refractivity (Wildman–Crippen MR) is 121 cm³/mol. The summed E-state index contributed by atoms with van der Waals surface area (Å²) in [4.78, 5) is 26.3. The molecule has 1 heterocycles. The monoisotopic (exact) mass is 466 g/mol. The first-order valence-corrected chi connectivity index (χ1v) is 11.5. The fourth-order valence-corrected chi connectivity index (χ4v) is 5.05. The molecule has 164 valence electrons. The molecule has 1 fully saturated rings. The quantitative estimate of drug-likeness (QED) is 0.303. The Morgan fingerprint density at radius 3 is 2.65 bits per heavy atom. The van der Waals surface area contributed by atoms with E-state index in [0.29, 0.717) is 37.4 Å². The maximum Gasteiger partial charge on any atom is 0.325 e. The Labute approximate surface area is 186 Å². The zero-order valence-electron chi connectivity index (χ0n) is 17.0. The summed E-state index contributed by atoms with van der Waals surface area (Å²) in [6, 6.07) is 8.07. The van der Waals surface area contributed by atoms with Crippen LogP contribution >= 0.6 is 23.4 Å². The minimum absolute atomic E-state index is 0.111. The fraction of sp³-hybridized carbons (Fsp3) is 0.364. The highest BCUT2D eigenvalue weighted by molar-refractivity contribution is 7.99. The molecule has 1 saturated carbocycles. The number of anilines is 1. The number of fused-ring (bicyclic) bond motifs is 2. The van der Waals surface area contributed by atoms with Crippen LogP contribution in [0.3, 0.4) is 0 Å². The molecule has 0 spiro atoms. The molecule has 0 saturated heterocycles. The minimum Gasteiger partial charge on any atom is -0.465 e. The predicted octanol–water partition coefficient (Wildman–Crippen LogP) is 5.30. The van der Waals surface area contributed by atoms with Gasteiger partial charge in [0.2, 0.25) is 0 Å². The van der Waals surface area contributed by atoms with Gasteiger partial charge in [0.1, 0.15) is 6.54 Å². The standard InChI is InChI=1S/C22H21ClF2N2O3S/c1-3-30-18(28)11-27-17-8-12(26-13-9-22(24,25)10-13)4-5-14(17)20(29)15-6-7-16(23)21(31-2)19(15)27/h4-8,13,26H,3,9-11H2,1-2H3. The summed E-state index contributed by atoms with van der Waals surface area (Å²) >= 11 is 7.78. The van der Waals surface area contributed by atoms with Crippen molar-refractivity contribution in [3.63, 3.8) is 0 Å². The lowest BCUT2D eigenvalue weighted by Gasteiger charge is -2.36. The molecule has 2 aromatic carbocycles. The Balaban J connectivity index is 1.93. The summed E-state index contributed by atoms with van der Waals surface area (Å²) in [5, 5.41) is 4.45. The Bertz CT molecular complexity index is 1240. The highest BCUT2D eigenvalue weighted by Crippen LogP contribution is 2.39. The minimum atomic E-state index is -2.64. The van der Waals surface area contributed by atoms with Crippen LogP contribution in [0.4, 0.5) is 14.5 Å². The molecule has 3 aromatic rings. The Morgan fingerprint density at radius 1 is 1.29 bits per heavy atom. The van der Waals surface area contributed by atoms with Crippen LogP contribution < -0.4 is 10.7 Å². The number of carbonyl (C=O) groups excluding carboxylic acids is 1. The van der Waals surface area contributed by atoms with Gasteiger partial charge in [0.15, 0.2) is 5.43 Å². The molecule has 0 aliphatic heterocycles. The van der Waals surface area contributed by atoms with Gasteiger partial charge in [-0.15, -0.1) is 11.8 Å². The zero-order valence-corrected chi connectivity index (χ0v) is 18.6. The van der Waals surface area contributed by atoms with E-state index in [-0.39, 0.29) is 37.5 Å². The Hall–Kier alpha value is -2.32. The van der Waals surface area contributed by atoms with Crippen LogP contribution in [0.5, 0.6) is 0 Å². The summed E-state index contributed by atoms with van der Waals surface area (Å²) < 4.78 is 33.3. The number of rotatable bonds is 6. The molecule has 0 atom stereocenters. The Kier molecular flexibility index (Phi) is 5.87. The summed E-state index contributed by atoms with van der Waals surface area (Å²) in [5.41, 5.74) is 1.49. The summed E-state index contributed by atoms with van der Waals surface area (Å²) in [5.74, 6) is -3.08. The van der Waals surface area contributed by atoms with Gasteiger partial charge >= 0.3 is 5.97 Å². The van der Waals surface area contributed by atoms with Crippen molar-refractivity contribution in [2.24, 2.45) is 0 Å². The van der Waals surface area contributed by atoms with Gasteiger partial charge in [0.25, 0.3) is 5.92 Å². The molecule has 0 unspecified atom stereocenters. The van der Waals surface area contributed by atoms with Gasteiger partial charge in [0, 0.05) is 35.3 Å². The largest absolute Gasteiger partial charge is 0.465 e. The fourth-order valence-electron chi connectivity index (χ4n) is 3.99. The van der Waals surface area contributed by atoms with E-state index in [1.54, 1.807) is 41.8 Å². The van der Waals surface area contributed by atoms with Crippen molar-refractivity contribution in [2.45, 2.75) is 43.2 Å². The number of carbonyl (C=O) groups is 1. The molecule has 1 aromatic heterocycles. The normalized spacial score (nSPS) is 15.8. The van der Waals surface area contributed by atoms with E-state index in [9.17, 15) is 18.4 Å². The van der Waals surface area contributed by atoms with Crippen molar-refractivity contribution in [1.82, 2.24) is 4.57 Å².